The van der Waals surface area contributed by atoms with Gasteiger partial charge in [0.05, 0.1) is 0 Å². The first-order valence-electron chi connectivity index (χ1n) is 5.97. The molecule has 2 N–H and O–H groups in total. The molecule has 0 unspecified atom stereocenters. The predicted octanol–water partition coefficient (Wildman–Crippen LogP) is 0.922. The van der Waals surface area contributed by atoms with E-state index < -0.39 is 16.2 Å². The topological polar surface area (TPSA) is 99.6 Å². The number of hydrogen-bond acceptors (Lipinski definition) is 4. The molecule has 1 saturated heterocycles. The van der Waals surface area contributed by atoms with Gasteiger partial charge in [-0.05, 0) is 25.0 Å². The van der Waals surface area contributed by atoms with Crippen molar-refractivity contribution < 1.29 is 18.3 Å². The van der Waals surface area contributed by atoms with Gasteiger partial charge in [0.15, 0.2) is 5.82 Å². The van der Waals surface area contributed by atoms with Gasteiger partial charge in [0.2, 0.25) is 0 Å². The highest BCUT2D eigenvalue weighted by Gasteiger charge is 2.25. The van der Waals surface area contributed by atoms with E-state index in [0.29, 0.717) is 13.1 Å². The number of pyridine rings is 1. The highest BCUT2D eigenvalue weighted by Crippen LogP contribution is 2.18. The van der Waals surface area contributed by atoms with Gasteiger partial charge in [-0.2, -0.15) is 12.7 Å². The molecule has 2 heterocycles. The second-order valence-electron chi connectivity index (χ2n) is 4.27. The summed E-state index contributed by atoms with van der Waals surface area (Å²) in [6.07, 6.45) is 3.99. The number of hydrogen-bond donors (Lipinski definition) is 2. The summed E-state index contributed by atoms with van der Waals surface area (Å²) in [6, 6.07) is 2.76. The van der Waals surface area contributed by atoms with Crippen LogP contribution in [0.1, 0.15) is 29.6 Å². The van der Waals surface area contributed by atoms with Crippen LogP contribution < -0.4 is 4.72 Å². The molecule has 0 saturated carbocycles. The maximum atomic E-state index is 12.1. The molecule has 0 atom stereocenters. The van der Waals surface area contributed by atoms with Crippen molar-refractivity contribution >= 4 is 22.0 Å². The van der Waals surface area contributed by atoms with E-state index in [0.717, 1.165) is 19.3 Å². The molecule has 0 spiro atoms. The third-order valence-electron chi connectivity index (χ3n) is 2.92. The van der Waals surface area contributed by atoms with Crippen LogP contribution in [-0.2, 0) is 10.2 Å². The van der Waals surface area contributed by atoms with Crippen molar-refractivity contribution in [3.63, 3.8) is 0 Å². The third-order valence-corrected chi connectivity index (χ3v) is 4.42. The number of carboxylic acid groups (broad SMARTS) is 1. The molecule has 2 rings (SSSR count). The minimum Gasteiger partial charge on any atom is -0.478 e. The number of carboxylic acids is 1. The van der Waals surface area contributed by atoms with E-state index in [9.17, 15) is 13.2 Å². The van der Waals surface area contributed by atoms with Gasteiger partial charge in [-0.15, -0.1) is 0 Å². The zero-order valence-electron chi connectivity index (χ0n) is 10.2. The molecule has 0 amide bonds. The van der Waals surface area contributed by atoms with Gasteiger partial charge in [-0.1, -0.05) is 6.42 Å². The average molecular weight is 285 g/mol. The van der Waals surface area contributed by atoms with Crippen molar-refractivity contribution in [1.29, 1.82) is 0 Å². The van der Waals surface area contributed by atoms with Gasteiger partial charge in [-0.3, -0.25) is 4.72 Å². The molecular weight excluding hydrogens is 270 g/mol. The van der Waals surface area contributed by atoms with E-state index in [1.54, 1.807) is 0 Å². The lowest BCUT2D eigenvalue weighted by molar-refractivity contribution is 0.0697. The second-order valence-corrected chi connectivity index (χ2v) is 5.94. The number of nitrogens with zero attached hydrogens (tertiary/aromatic N) is 2. The Morgan fingerprint density at radius 2 is 2.00 bits per heavy atom. The SMILES string of the molecule is O=C(O)c1cccnc1NS(=O)(=O)N1CCCCC1. The van der Waals surface area contributed by atoms with Crippen LogP contribution in [0.4, 0.5) is 5.82 Å². The van der Waals surface area contributed by atoms with Crippen LogP contribution in [0.3, 0.4) is 0 Å². The first-order chi connectivity index (χ1) is 9.00. The summed E-state index contributed by atoms with van der Waals surface area (Å²) in [4.78, 5) is 14.8. The highest BCUT2D eigenvalue weighted by atomic mass is 32.2. The summed E-state index contributed by atoms with van der Waals surface area (Å²) < 4.78 is 27.8. The molecule has 0 bridgehead atoms. The predicted molar refractivity (Wildman–Crippen MR) is 69.2 cm³/mol. The number of carbonyl (C=O) groups is 1. The van der Waals surface area contributed by atoms with Crippen molar-refractivity contribution in [1.82, 2.24) is 9.29 Å². The molecule has 7 nitrogen and oxygen atoms in total. The molecule has 1 aromatic rings. The molecule has 0 aromatic carbocycles. The summed E-state index contributed by atoms with van der Waals surface area (Å²) in [7, 11) is -3.73. The van der Waals surface area contributed by atoms with Crippen molar-refractivity contribution in [3.8, 4) is 0 Å². The minimum atomic E-state index is -3.73. The Bertz CT molecular complexity index is 567. The van der Waals surface area contributed by atoms with Crippen LogP contribution >= 0.6 is 0 Å². The second kappa shape index (κ2) is 5.54. The lowest BCUT2D eigenvalue weighted by Crippen LogP contribution is -2.39. The van der Waals surface area contributed by atoms with E-state index in [1.807, 2.05) is 0 Å². The maximum Gasteiger partial charge on any atom is 0.339 e. The normalized spacial score (nSPS) is 17.1. The molecule has 0 radical (unpaired) electrons. The Labute approximate surface area is 111 Å². The van der Waals surface area contributed by atoms with Crippen LogP contribution in [0.15, 0.2) is 18.3 Å². The molecule has 104 valence electrons. The van der Waals surface area contributed by atoms with Crippen LogP contribution in [0.5, 0.6) is 0 Å². The lowest BCUT2D eigenvalue weighted by Gasteiger charge is -2.26. The van der Waals surface area contributed by atoms with Crippen molar-refractivity contribution in [2.75, 3.05) is 17.8 Å². The molecule has 1 aromatic heterocycles. The molecule has 1 fully saturated rings. The van der Waals surface area contributed by atoms with Gasteiger partial charge < -0.3 is 5.11 Å². The van der Waals surface area contributed by atoms with E-state index in [-0.39, 0.29) is 11.4 Å². The van der Waals surface area contributed by atoms with Gasteiger partial charge in [0.25, 0.3) is 0 Å². The Balaban J connectivity index is 2.22. The van der Waals surface area contributed by atoms with Gasteiger partial charge in [0, 0.05) is 19.3 Å². The first-order valence-corrected chi connectivity index (χ1v) is 7.41. The molecule has 0 aliphatic carbocycles. The standard InChI is InChI=1S/C11H15N3O4S/c15-11(16)9-5-4-6-12-10(9)13-19(17,18)14-7-2-1-3-8-14/h4-6H,1-3,7-8H2,(H,12,13)(H,15,16). The molecule has 1 aliphatic heterocycles. The molecule has 8 heteroatoms. The van der Waals surface area contributed by atoms with E-state index in [2.05, 4.69) is 9.71 Å². The number of anilines is 1. The zero-order chi connectivity index (χ0) is 13.9. The summed E-state index contributed by atoms with van der Waals surface area (Å²) >= 11 is 0. The zero-order valence-corrected chi connectivity index (χ0v) is 11.1. The van der Waals surface area contributed by atoms with Gasteiger partial charge in [-0.25, -0.2) is 9.78 Å². The highest BCUT2D eigenvalue weighted by molar-refractivity contribution is 7.90. The summed E-state index contributed by atoms with van der Waals surface area (Å²) in [5, 5.41) is 8.98. The van der Waals surface area contributed by atoms with Gasteiger partial charge in [0.1, 0.15) is 5.56 Å². The van der Waals surface area contributed by atoms with Crippen LogP contribution in [0, 0.1) is 0 Å². The minimum absolute atomic E-state index is 0.152. The number of aromatic nitrogens is 1. The number of piperidine rings is 1. The number of nitrogens with one attached hydrogen (secondary N) is 1. The maximum absolute atomic E-state index is 12.1. The lowest BCUT2D eigenvalue weighted by atomic mass is 10.2. The summed E-state index contributed by atoms with van der Waals surface area (Å²) in [5.74, 6) is -1.37. The van der Waals surface area contributed by atoms with E-state index >= 15 is 0 Å². The first kappa shape index (κ1) is 13.8. The smallest absolute Gasteiger partial charge is 0.339 e. The fraction of sp³-hybridized carbons (Fsp3) is 0.455. The fourth-order valence-electron chi connectivity index (χ4n) is 1.95. The summed E-state index contributed by atoms with van der Waals surface area (Å²) in [5.41, 5.74) is -0.164. The Kier molecular flexibility index (Phi) is 4.01. The largest absolute Gasteiger partial charge is 0.478 e. The van der Waals surface area contributed by atoms with Crippen molar-refractivity contribution in [2.24, 2.45) is 0 Å². The van der Waals surface area contributed by atoms with E-state index in [4.69, 9.17) is 5.11 Å². The fourth-order valence-corrected chi connectivity index (χ4v) is 3.23. The Morgan fingerprint density at radius 3 is 2.63 bits per heavy atom. The van der Waals surface area contributed by atoms with E-state index in [1.165, 1.54) is 22.6 Å². The van der Waals surface area contributed by atoms with Crippen molar-refractivity contribution in [2.45, 2.75) is 19.3 Å². The number of rotatable bonds is 4. The molecule has 19 heavy (non-hydrogen) atoms. The Hall–Kier alpha value is -1.67. The number of aromatic carboxylic acids is 1. The molecular formula is C11H15N3O4S. The Morgan fingerprint density at radius 1 is 1.32 bits per heavy atom. The molecule has 1 aliphatic rings. The van der Waals surface area contributed by atoms with Crippen molar-refractivity contribution in [3.05, 3.63) is 23.9 Å². The monoisotopic (exact) mass is 285 g/mol. The van der Waals surface area contributed by atoms with Crippen LogP contribution in [-0.4, -0.2) is 41.9 Å². The quantitative estimate of drug-likeness (QED) is 0.857. The summed E-state index contributed by atoms with van der Waals surface area (Å²) in [6.45, 7) is 0.898. The third kappa shape index (κ3) is 3.21. The average Bonchev–Trinajstić information content (AvgIpc) is 2.39. The van der Waals surface area contributed by atoms with Crippen LogP contribution in [0.2, 0.25) is 0 Å². The van der Waals surface area contributed by atoms with Gasteiger partial charge >= 0.3 is 16.2 Å². The van der Waals surface area contributed by atoms with Crippen LogP contribution in [0.25, 0.3) is 0 Å².